The zero-order valence-corrected chi connectivity index (χ0v) is 13.7. The maximum atomic E-state index is 14.2. The molecule has 25 heavy (non-hydrogen) atoms. The monoisotopic (exact) mass is 350 g/mol. The van der Waals surface area contributed by atoms with Crippen LogP contribution in [0.4, 0.5) is 4.39 Å². The first-order valence-corrected chi connectivity index (χ1v) is 8.28. The van der Waals surface area contributed by atoms with Crippen LogP contribution in [0.3, 0.4) is 0 Å². The van der Waals surface area contributed by atoms with Crippen molar-refractivity contribution >= 4 is 38.4 Å². The fourth-order valence-corrected chi connectivity index (χ4v) is 3.68. The average Bonchev–Trinajstić information content (AvgIpc) is 3.18. The van der Waals surface area contributed by atoms with Crippen molar-refractivity contribution in [1.82, 2.24) is 4.57 Å². The molecular formula is C19H11FN2O2S. The third-order valence-electron chi connectivity index (χ3n) is 3.73. The molecular weight excluding hydrogens is 339 g/mol. The molecule has 0 unspecified atom stereocenters. The van der Waals surface area contributed by atoms with Gasteiger partial charge < -0.3 is 8.98 Å². The van der Waals surface area contributed by atoms with Gasteiger partial charge in [0, 0.05) is 5.39 Å². The quantitative estimate of drug-likeness (QED) is 0.514. The second-order valence-electron chi connectivity index (χ2n) is 5.33. The number of furan rings is 1. The molecule has 0 aliphatic heterocycles. The van der Waals surface area contributed by atoms with Gasteiger partial charge in [-0.2, -0.15) is 4.99 Å². The first-order valence-electron chi connectivity index (χ1n) is 7.46. The van der Waals surface area contributed by atoms with E-state index in [-0.39, 0.29) is 12.3 Å². The Hall–Kier alpha value is -3.17. The number of fused-ring (bicyclic) bond motifs is 2. The molecule has 122 valence electrons. The number of para-hydroxylation sites is 2. The summed E-state index contributed by atoms with van der Waals surface area (Å²) in [6.07, 6.45) is 5.39. The molecule has 0 atom stereocenters. The second kappa shape index (κ2) is 6.04. The summed E-state index contributed by atoms with van der Waals surface area (Å²) in [7, 11) is 0. The van der Waals surface area contributed by atoms with Crippen molar-refractivity contribution in [1.29, 1.82) is 0 Å². The minimum atomic E-state index is -0.533. The van der Waals surface area contributed by atoms with E-state index in [0.29, 0.717) is 20.6 Å². The molecule has 4 nitrogen and oxygen atoms in total. The Balaban J connectivity index is 1.88. The van der Waals surface area contributed by atoms with Gasteiger partial charge in [-0.1, -0.05) is 41.5 Å². The van der Waals surface area contributed by atoms with Gasteiger partial charge in [-0.05, 0) is 24.3 Å². The van der Waals surface area contributed by atoms with Crippen molar-refractivity contribution in [2.75, 3.05) is 0 Å². The summed E-state index contributed by atoms with van der Waals surface area (Å²) in [6, 6.07) is 13.7. The molecule has 0 saturated heterocycles. The molecule has 1 amide bonds. The minimum absolute atomic E-state index is 0.118. The van der Waals surface area contributed by atoms with Crippen LogP contribution in [0.25, 0.3) is 21.2 Å². The summed E-state index contributed by atoms with van der Waals surface area (Å²) in [6.45, 7) is 0.118. The predicted octanol–water partition coefficient (Wildman–Crippen LogP) is 3.96. The van der Waals surface area contributed by atoms with Crippen LogP contribution in [-0.4, -0.2) is 10.5 Å². The minimum Gasteiger partial charge on any atom is -0.451 e. The number of carbonyl (C=O) groups excluding carboxylic acids is 1. The molecule has 0 saturated carbocycles. The number of hydrogen-bond donors (Lipinski definition) is 0. The van der Waals surface area contributed by atoms with E-state index in [1.54, 1.807) is 24.3 Å². The Morgan fingerprint density at radius 3 is 2.92 bits per heavy atom. The number of hydrogen-bond acceptors (Lipinski definition) is 3. The Labute approximate surface area is 145 Å². The zero-order valence-electron chi connectivity index (χ0n) is 12.9. The largest absolute Gasteiger partial charge is 0.451 e. The number of rotatable bonds is 2. The molecule has 6 heteroatoms. The zero-order chi connectivity index (χ0) is 17.4. The van der Waals surface area contributed by atoms with E-state index in [1.807, 2.05) is 18.2 Å². The standard InChI is InChI=1S/C19H11FN2O2S/c1-2-10-22-17-13(20)7-5-9-16(17)25-19(22)21-18(23)15-11-12-6-3-4-8-14(12)24-15/h1,3-9,11H,10H2. The van der Waals surface area contributed by atoms with E-state index in [1.165, 1.54) is 22.0 Å². The SMILES string of the molecule is C#CCn1c(=NC(=O)c2cc3ccccc3o2)sc2cccc(F)c21. The van der Waals surface area contributed by atoms with Crippen LogP contribution >= 0.6 is 11.3 Å². The molecule has 0 spiro atoms. The molecule has 0 aliphatic carbocycles. The van der Waals surface area contributed by atoms with Gasteiger partial charge in [0.05, 0.1) is 16.8 Å². The number of thiazole rings is 1. The number of benzene rings is 2. The van der Waals surface area contributed by atoms with E-state index >= 15 is 0 Å². The van der Waals surface area contributed by atoms with Crippen molar-refractivity contribution < 1.29 is 13.6 Å². The molecule has 0 bridgehead atoms. The first-order chi connectivity index (χ1) is 12.2. The number of nitrogens with zero attached hydrogens (tertiary/aromatic N) is 2. The summed E-state index contributed by atoms with van der Waals surface area (Å²) in [5.74, 6) is 1.67. The lowest BCUT2D eigenvalue weighted by atomic mass is 10.2. The normalized spacial score (nSPS) is 11.9. The Bertz CT molecular complexity index is 1190. The smallest absolute Gasteiger partial charge is 0.315 e. The van der Waals surface area contributed by atoms with Gasteiger partial charge in [0.25, 0.3) is 0 Å². The van der Waals surface area contributed by atoms with E-state index in [9.17, 15) is 9.18 Å². The second-order valence-corrected chi connectivity index (χ2v) is 6.34. The van der Waals surface area contributed by atoms with Gasteiger partial charge >= 0.3 is 5.91 Å². The van der Waals surface area contributed by atoms with Crippen molar-refractivity contribution in [3.8, 4) is 12.3 Å². The van der Waals surface area contributed by atoms with Gasteiger partial charge in [0.15, 0.2) is 10.6 Å². The fourth-order valence-electron chi connectivity index (χ4n) is 2.64. The number of aromatic nitrogens is 1. The Morgan fingerprint density at radius 1 is 1.28 bits per heavy atom. The lowest BCUT2D eigenvalue weighted by Crippen LogP contribution is -2.16. The summed E-state index contributed by atoms with van der Waals surface area (Å²) >= 11 is 1.21. The fraction of sp³-hybridized carbons (Fsp3) is 0.0526. The molecule has 0 N–H and O–H groups in total. The Kier molecular flexibility index (Phi) is 3.71. The third kappa shape index (κ3) is 2.65. The van der Waals surface area contributed by atoms with Gasteiger partial charge in [-0.25, -0.2) is 4.39 Å². The lowest BCUT2D eigenvalue weighted by molar-refractivity contribution is 0.0973. The van der Waals surface area contributed by atoms with E-state index < -0.39 is 11.7 Å². The van der Waals surface area contributed by atoms with Crippen LogP contribution in [0.5, 0.6) is 0 Å². The summed E-state index contributed by atoms with van der Waals surface area (Å²) < 4.78 is 21.9. The first kappa shape index (κ1) is 15.4. The van der Waals surface area contributed by atoms with Crippen molar-refractivity contribution in [2.45, 2.75) is 6.54 Å². The van der Waals surface area contributed by atoms with Crippen LogP contribution in [0.15, 0.2) is 57.9 Å². The van der Waals surface area contributed by atoms with Gasteiger partial charge in [-0.15, -0.1) is 6.42 Å². The number of terminal acetylenes is 1. The van der Waals surface area contributed by atoms with E-state index in [0.717, 1.165) is 5.39 Å². The van der Waals surface area contributed by atoms with Gasteiger partial charge in [0.1, 0.15) is 11.4 Å². The van der Waals surface area contributed by atoms with Crippen LogP contribution in [-0.2, 0) is 6.54 Å². The summed E-state index contributed by atoms with van der Waals surface area (Å²) in [5.41, 5.74) is 0.960. The van der Waals surface area contributed by atoms with Crippen molar-refractivity contribution in [3.05, 3.63) is 64.9 Å². The van der Waals surface area contributed by atoms with E-state index in [4.69, 9.17) is 10.8 Å². The van der Waals surface area contributed by atoms with Crippen molar-refractivity contribution in [3.63, 3.8) is 0 Å². The van der Waals surface area contributed by atoms with Gasteiger partial charge in [0.2, 0.25) is 0 Å². The van der Waals surface area contributed by atoms with Crippen LogP contribution < -0.4 is 4.80 Å². The maximum Gasteiger partial charge on any atom is 0.315 e. The molecule has 0 aliphatic rings. The highest BCUT2D eigenvalue weighted by atomic mass is 32.1. The Morgan fingerprint density at radius 2 is 2.12 bits per heavy atom. The third-order valence-corrected chi connectivity index (χ3v) is 4.78. The molecule has 0 radical (unpaired) electrons. The lowest BCUT2D eigenvalue weighted by Gasteiger charge is -2.00. The van der Waals surface area contributed by atoms with Crippen LogP contribution in [0, 0.1) is 18.2 Å². The molecule has 2 aromatic heterocycles. The highest BCUT2D eigenvalue weighted by Gasteiger charge is 2.14. The molecule has 4 rings (SSSR count). The maximum absolute atomic E-state index is 14.2. The molecule has 2 aromatic carbocycles. The number of carbonyl (C=O) groups is 1. The number of amides is 1. The topological polar surface area (TPSA) is 47.5 Å². The van der Waals surface area contributed by atoms with Gasteiger partial charge in [-0.3, -0.25) is 4.79 Å². The molecule has 0 fully saturated rings. The van der Waals surface area contributed by atoms with Crippen molar-refractivity contribution in [2.24, 2.45) is 4.99 Å². The molecule has 2 heterocycles. The average molecular weight is 350 g/mol. The summed E-state index contributed by atoms with van der Waals surface area (Å²) in [5, 5.41) is 0.819. The predicted molar refractivity (Wildman–Crippen MR) is 94.7 cm³/mol. The van der Waals surface area contributed by atoms with Crippen LogP contribution in [0.2, 0.25) is 0 Å². The molecule has 4 aromatic rings. The number of halogens is 1. The van der Waals surface area contributed by atoms with Crippen LogP contribution in [0.1, 0.15) is 10.6 Å². The summed E-state index contributed by atoms with van der Waals surface area (Å²) in [4.78, 5) is 16.9. The highest BCUT2D eigenvalue weighted by molar-refractivity contribution is 7.16. The van der Waals surface area contributed by atoms with E-state index in [2.05, 4.69) is 10.9 Å². The highest BCUT2D eigenvalue weighted by Crippen LogP contribution is 2.21.